The highest BCUT2D eigenvalue weighted by molar-refractivity contribution is 7.98. The average molecular weight is 607 g/mol. The van der Waals surface area contributed by atoms with Gasteiger partial charge in [0.05, 0.1) is 21.8 Å². The van der Waals surface area contributed by atoms with Crippen molar-refractivity contribution in [3.8, 4) is 5.69 Å². The lowest BCUT2D eigenvalue weighted by atomic mass is 10.1. The van der Waals surface area contributed by atoms with E-state index in [9.17, 15) is 9.18 Å². The van der Waals surface area contributed by atoms with Gasteiger partial charge in [-0.15, -0.1) is 10.2 Å². The van der Waals surface area contributed by atoms with Crippen molar-refractivity contribution in [2.24, 2.45) is 0 Å². The first-order chi connectivity index (χ1) is 19.9. The second-order valence-electron chi connectivity index (χ2n) is 9.37. The van der Waals surface area contributed by atoms with Gasteiger partial charge in [-0.05, 0) is 54.4 Å². The Morgan fingerprint density at radius 2 is 1.63 bits per heavy atom. The third kappa shape index (κ3) is 7.27. The average Bonchev–Trinajstić information content (AvgIpc) is 3.40. The first kappa shape index (κ1) is 28.7. The highest BCUT2D eigenvalue weighted by atomic mass is 35.5. The fraction of sp³-hybridized carbons (Fsp3) is 0.129. The smallest absolute Gasteiger partial charge is 0.319 e. The van der Waals surface area contributed by atoms with Crippen LogP contribution in [0.4, 0.5) is 14.9 Å². The number of halogens is 3. The molecular weight excluding hydrogens is 580 g/mol. The molecule has 0 aliphatic rings. The molecule has 6 nitrogen and oxygen atoms in total. The monoisotopic (exact) mass is 605 g/mol. The lowest BCUT2D eigenvalue weighted by molar-refractivity contribution is 0.247. The normalized spacial score (nSPS) is 11.7. The highest BCUT2D eigenvalue weighted by Gasteiger charge is 2.25. The molecule has 0 aliphatic carbocycles. The van der Waals surface area contributed by atoms with E-state index in [0.29, 0.717) is 33.9 Å². The SMILES string of the molecule is Cc1ccc(-n2c(SCc3ccc(F)cc3)nnc2[C@H](Cc2ccccc2)NC(=O)Nc2cccc(Cl)c2Cl)cc1. The number of nitrogens with one attached hydrogen (secondary N) is 2. The van der Waals surface area contributed by atoms with Crippen LogP contribution in [0.3, 0.4) is 0 Å². The van der Waals surface area contributed by atoms with Gasteiger partial charge < -0.3 is 10.6 Å². The van der Waals surface area contributed by atoms with Gasteiger partial charge in [0.25, 0.3) is 0 Å². The Labute approximate surface area is 251 Å². The summed E-state index contributed by atoms with van der Waals surface area (Å²) in [5.41, 5.74) is 4.33. The summed E-state index contributed by atoms with van der Waals surface area (Å²) in [4.78, 5) is 13.3. The van der Waals surface area contributed by atoms with E-state index in [-0.39, 0.29) is 10.8 Å². The molecule has 2 N–H and O–H groups in total. The Morgan fingerprint density at radius 3 is 2.37 bits per heavy atom. The van der Waals surface area contributed by atoms with Crippen LogP contribution in [0.25, 0.3) is 5.69 Å². The standard InChI is InChI=1S/C31H26Cl2FN5OS/c1-20-10-16-24(17-11-20)39-29(37-38-31(39)41-19-22-12-14-23(34)15-13-22)27(18-21-6-3-2-4-7-21)36-30(40)35-26-9-5-8-25(32)28(26)33/h2-17,27H,18-19H2,1H3,(H2,35,36,40)/t27-/m0/s1. The number of amides is 2. The van der Waals surface area contributed by atoms with Crippen molar-refractivity contribution in [1.82, 2.24) is 20.1 Å². The molecule has 1 atom stereocenters. The van der Waals surface area contributed by atoms with Gasteiger partial charge in [-0.2, -0.15) is 0 Å². The number of thioether (sulfide) groups is 1. The molecule has 10 heteroatoms. The third-order valence-corrected chi connectivity index (χ3v) is 8.15. The number of hydrogen-bond donors (Lipinski definition) is 2. The topological polar surface area (TPSA) is 71.8 Å². The van der Waals surface area contributed by atoms with Crippen LogP contribution >= 0.6 is 35.0 Å². The molecule has 5 aromatic rings. The number of carbonyl (C=O) groups is 1. The summed E-state index contributed by atoms with van der Waals surface area (Å²) in [5.74, 6) is 0.845. The maximum absolute atomic E-state index is 13.4. The summed E-state index contributed by atoms with van der Waals surface area (Å²) in [6.45, 7) is 2.02. The Balaban J connectivity index is 1.50. The predicted molar refractivity (Wildman–Crippen MR) is 164 cm³/mol. The second-order valence-corrected chi connectivity index (χ2v) is 11.1. The number of hydrogen-bond acceptors (Lipinski definition) is 4. The molecule has 208 valence electrons. The van der Waals surface area contributed by atoms with Crippen molar-refractivity contribution >= 4 is 46.7 Å². The van der Waals surface area contributed by atoms with Crippen LogP contribution in [0.2, 0.25) is 10.0 Å². The van der Waals surface area contributed by atoms with Crippen LogP contribution in [-0.4, -0.2) is 20.8 Å². The summed E-state index contributed by atoms with van der Waals surface area (Å²) < 4.78 is 15.4. The van der Waals surface area contributed by atoms with E-state index in [4.69, 9.17) is 23.2 Å². The van der Waals surface area contributed by atoms with E-state index >= 15 is 0 Å². The van der Waals surface area contributed by atoms with E-state index in [0.717, 1.165) is 22.4 Å². The molecule has 0 bridgehead atoms. The lowest BCUT2D eigenvalue weighted by Gasteiger charge is -2.21. The third-order valence-electron chi connectivity index (χ3n) is 6.33. The number of rotatable bonds is 9. The van der Waals surface area contributed by atoms with Gasteiger partial charge in [0.15, 0.2) is 11.0 Å². The molecule has 4 aromatic carbocycles. The van der Waals surface area contributed by atoms with Gasteiger partial charge in [-0.25, -0.2) is 9.18 Å². The van der Waals surface area contributed by atoms with Crippen LogP contribution in [0, 0.1) is 12.7 Å². The number of nitrogens with zero attached hydrogens (tertiary/aromatic N) is 3. The second kappa shape index (κ2) is 13.2. The zero-order valence-electron chi connectivity index (χ0n) is 22.0. The van der Waals surface area contributed by atoms with Crippen molar-refractivity contribution < 1.29 is 9.18 Å². The van der Waals surface area contributed by atoms with Gasteiger partial charge in [-0.3, -0.25) is 4.57 Å². The van der Waals surface area contributed by atoms with E-state index < -0.39 is 12.1 Å². The fourth-order valence-corrected chi connectivity index (χ4v) is 5.50. The summed E-state index contributed by atoms with van der Waals surface area (Å²) >= 11 is 13.9. The molecule has 0 saturated heterocycles. The zero-order valence-corrected chi connectivity index (χ0v) is 24.3. The zero-order chi connectivity index (χ0) is 28.8. The van der Waals surface area contributed by atoms with Crippen molar-refractivity contribution in [1.29, 1.82) is 0 Å². The molecule has 0 aliphatic heterocycles. The molecule has 2 amide bonds. The molecule has 0 spiro atoms. The van der Waals surface area contributed by atoms with Crippen molar-refractivity contribution in [2.75, 3.05) is 5.32 Å². The molecule has 0 fully saturated rings. The number of benzene rings is 4. The molecular formula is C31H26Cl2FN5OS. The van der Waals surface area contributed by atoms with E-state index in [1.807, 2.05) is 66.1 Å². The minimum absolute atomic E-state index is 0.256. The molecule has 0 saturated carbocycles. The first-order valence-electron chi connectivity index (χ1n) is 12.8. The number of aryl methyl sites for hydroxylation is 1. The molecule has 41 heavy (non-hydrogen) atoms. The van der Waals surface area contributed by atoms with Gasteiger partial charge in [0.1, 0.15) is 5.82 Å². The molecule has 5 rings (SSSR count). The minimum Gasteiger partial charge on any atom is -0.327 e. The van der Waals surface area contributed by atoms with Gasteiger partial charge in [0.2, 0.25) is 0 Å². The molecule has 1 heterocycles. The number of carbonyl (C=O) groups excluding carboxylic acids is 1. The van der Waals surface area contributed by atoms with Gasteiger partial charge >= 0.3 is 6.03 Å². The van der Waals surface area contributed by atoms with Crippen LogP contribution in [0.1, 0.15) is 28.6 Å². The van der Waals surface area contributed by atoms with Crippen molar-refractivity contribution in [2.45, 2.75) is 30.3 Å². The van der Waals surface area contributed by atoms with Crippen LogP contribution < -0.4 is 10.6 Å². The number of aromatic nitrogens is 3. The minimum atomic E-state index is -0.552. The summed E-state index contributed by atoms with van der Waals surface area (Å²) in [5, 5.41) is 16.2. The van der Waals surface area contributed by atoms with Crippen LogP contribution in [-0.2, 0) is 12.2 Å². The Bertz CT molecular complexity index is 1630. The van der Waals surface area contributed by atoms with Crippen LogP contribution in [0.5, 0.6) is 0 Å². The summed E-state index contributed by atoms with van der Waals surface area (Å²) in [7, 11) is 0. The van der Waals surface area contributed by atoms with Gasteiger partial charge in [0, 0.05) is 17.9 Å². The maximum atomic E-state index is 13.4. The molecule has 1 aromatic heterocycles. The number of anilines is 1. The highest BCUT2D eigenvalue weighted by Crippen LogP contribution is 2.31. The largest absolute Gasteiger partial charge is 0.327 e. The van der Waals surface area contributed by atoms with E-state index in [1.165, 1.54) is 23.9 Å². The molecule has 0 radical (unpaired) electrons. The lowest BCUT2D eigenvalue weighted by Crippen LogP contribution is -2.35. The quantitative estimate of drug-likeness (QED) is 0.165. The van der Waals surface area contributed by atoms with Gasteiger partial charge in [-0.1, -0.05) is 101 Å². The van der Waals surface area contributed by atoms with Crippen LogP contribution in [0.15, 0.2) is 102 Å². The van der Waals surface area contributed by atoms with E-state index in [1.54, 1.807) is 30.3 Å². The Morgan fingerprint density at radius 1 is 0.902 bits per heavy atom. The van der Waals surface area contributed by atoms with Crippen molar-refractivity contribution in [3.63, 3.8) is 0 Å². The molecule has 0 unspecified atom stereocenters. The van der Waals surface area contributed by atoms with E-state index in [2.05, 4.69) is 20.8 Å². The summed E-state index contributed by atoms with van der Waals surface area (Å²) in [6.07, 6.45) is 0.462. The fourth-order valence-electron chi connectivity index (χ4n) is 4.24. The Hall–Kier alpha value is -3.85. The first-order valence-corrected chi connectivity index (χ1v) is 14.6. The number of urea groups is 1. The van der Waals surface area contributed by atoms with Crippen molar-refractivity contribution in [3.05, 3.63) is 135 Å². The predicted octanol–water partition coefficient (Wildman–Crippen LogP) is 8.42. The summed E-state index contributed by atoms with van der Waals surface area (Å²) in [6, 6.07) is 28.3. The Kier molecular flexibility index (Phi) is 9.24. The maximum Gasteiger partial charge on any atom is 0.319 e.